The molecule has 0 amide bonds. The van der Waals surface area contributed by atoms with Gasteiger partial charge in [0.1, 0.15) is 0 Å². The molecule has 8 heteroatoms. The first-order chi connectivity index (χ1) is 13.6. The van der Waals surface area contributed by atoms with Crippen molar-refractivity contribution in [3.8, 4) is 11.5 Å². The molecule has 2 aliphatic heterocycles. The summed E-state index contributed by atoms with van der Waals surface area (Å²) in [5.74, 6) is 2.17. The van der Waals surface area contributed by atoms with E-state index in [4.69, 9.17) is 15.2 Å². The number of guanidine groups is 1. The predicted molar refractivity (Wildman–Crippen MR) is 129 cm³/mol. The molecule has 2 heterocycles. The normalized spacial score (nSPS) is 20.1. The largest absolute Gasteiger partial charge is 0.493 e. The molecule has 3 N–H and O–H groups in total. The summed E-state index contributed by atoms with van der Waals surface area (Å²) in [6.45, 7) is 9.00. The molecule has 1 aromatic carbocycles. The SMILES string of the molecule is CCN1CCCC1CN=C(N)NCCN1CCc2cc(OC)c(OC)cc2C1.I. The lowest BCUT2D eigenvalue weighted by molar-refractivity contribution is 0.256. The molecule has 0 aromatic heterocycles. The molecule has 3 rings (SSSR count). The first kappa shape index (κ1) is 24.0. The van der Waals surface area contributed by atoms with Crippen molar-refractivity contribution >= 4 is 29.9 Å². The number of likely N-dealkylation sites (N-methyl/N-ethyl adjacent to an activating group) is 1. The highest BCUT2D eigenvalue weighted by Crippen LogP contribution is 2.33. The molecule has 7 nitrogen and oxygen atoms in total. The molecule has 0 aliphatic carbocycles. The summed E-state index contributed by atoms with van der Waals surface area (Å²) in [4.78, 5) is 9.48. The number of halogens is 1. The van der Waals surface area contributed by atoms with Crippen molar-refractivity contribution in [1.29, 1.82) is 0 Å². The third-order valence-corrected chi connectivity index (χ3v) is 5.91. The number of nitrogens with one attached hydrogen (secondary N) is 1. The number of ether oxygens (including phenoxy) is 2. The molecule has 2 aliphatic rings. The monoisotopic (exact) mass is 517 g/mol. The number of aliphatic imine (C=N–C) groups is 1. The van der Waals surface area contributed by atoms with Crippen molar-refractivity contribution in [3.05, 3.63) is 23.3 Å². The van der Waals surface area contributed by atoms with Crippen LogP contribution in [0.15, 0.2) is 17.1 Å². The highest BCUT2D eigenvalue weighted by molar-refractivity contribution is 14.0. The zero-order valence-electron chi connectivity index (χ0n) is 17.9. The molecule has 0 radical (unpaired) electrons. The number of fused-ring (bicyclic) bond motifs is 1. The van der Waals surface area contributed by atoms with Gasteiger partial charge in [0.25, 0.3) is 0 Å². The van der Waals surface area contributed by atoms with E-state index in [-0.39, 0.29) is 24.0 Å². The number of hydrogen-bond donors (Lipinski definition) is 2. The van der Waals surface area contributed by atoms with Crippen LogP contribution in [0, 0.1) is 0 Å². The van der Waals surface area contributed by atoms with Crippen LogP contribution in [0.2, 0.25) is 0 Å². The fourth-order valence-corrected chi connectivity index (χ4v) is 4.25. The van der Waals surface area contributed by atoms with Gasteiger partial charge >= 0.3 is 0 Å². The van der Waals surface area contributed by atoms with Gasteiger partial charge in [0.2, 0.25) is 0 Å². The van der Waals surface area contributed by atoms with Crippen LogP contribution in [0.5, 0.6) is 11.5 Å². The average Bonchev–Trinajstić information content (AvgIpc) is 3.18. The third kappa shape index (κ3) is 6.36. The molecule has 164 valence electrons. The standard InChI is InChI=1S/C21H35N5O2.HI/c1-4-26-9-5-6-18(26)14-24-21(22)23-8-11-25-10-7-16-12-19(27-2)20(28-3)13-17(16)15-25;/h12-13,18H,4-11,14-15H2,1-3H3,(H3,22,23,24);1H. The smallest absolute Gasteiger partial charge is 0.188 e. The van der Waals surface area contributed by atoms with Crippen LogP contribution < -0.4 is 20.5 Å². The van der Waals surface area contributed by atoms with Gasteiger partial charge in [-0.3, -0.25) is 14.8 Å². The highest BCUT2D eigenvalue weighted by atomic mass is 127. The summed E-state index contributed by atoms with van der Waals surface area (Å²) in [6, 6.07) is 4.76. The molecule has 1 atom stereocenters. The quantitative estimate of drug-likeness (QED) is 0.313. The minimum Gasteiger partial charge on any atom is -0.493 e. The number of likely N-dealkylation sites (tertiary alicyclic amines) is 1. The van der Waals surface area contributed by atoms with E-state index >= 15 is 0 Å². The van der Waals surface area contributed by atoms with Gasteiger partial charge in [0.05, 0.1) is 20.8 Å². The minimum atomic E-state index is 0. The number of rotatable bonds is 8. The van der Waals surface area contributed by atoms with E-state index in [9.17, 15) is 0 Å². The average molecular weight is 517 g/mol. The maximum absolute atomic E-state index is 6.07. The van der Waals surface area contributed by atoms with Crippen molar-refractivity contribution < 1.29 is 9.47 Å². The summed E-state index contributed by atoms with van der Waals surface area (Å²) in [5, 5.41) is 3.27. The number of nitrogens with zero attached hydrogens (tertiary/aromatic N) is 3. The van der Waals surface area contributed by atoms with E-state index < -0.39 is 0 Å². The van der Waals surface area contributed by atoms with Crippen molar-refractivity contribution in [2.75, 3.05) is 53.5 Å². The van der Waals surface area contributed by atoms with Crippen LogP contribution >= 0.6 is 24.0 Å². The number of nitrogens with two attached hydrogens (primary N) is 1. The van der Waals surface area contributed by atoms with Gasteiger partial charge in [-0.1, -0.05) is 6.92 Å². The highest BCUT2D eigenvalue weighted by Gasteiger charge is 2.22. The summed E-state index contributed by atoms with van der Waals surface area (Å²) in [5.41, 5.74) is 8.73. The van der Waals surface area contributed by atoms with Crippen molar-refractivity contribution in [1.82, 2.24) is 15.1 Å². The Morgan fingerprint density at radius 3 is 2.62 bits per heavy atom. The molecule has 1 saturated heterocycles. The van der Waals surface area contributed by atoms with Crippen LogP contribution in [0.4, 0.5) is 0 Å². The Hall–Kier alpha value is -1.26. The molecule has 1 unspecified atom stereocenters. The minimum absolute atomic E-state index is 0. The number of hydrogen-bond acceptors (Lipinski definition) is 5. The van der Waals surface area contributed by atoms with Crippen LogP contribution in [-0.4, -0.2) is 75.3 Å². The fourth-order valence-electron chi connectivity index (χ4n) is 4.25. The Balaban J connectivity index is 0.00000300. The lowest BCUT2D eigenvalue weighted by Gasteiger charge is -2.29. The Labute approximate surface area is 192 Å². The molecule has 1 fully saturated rings. The molecular weight excluding hydrogens is 481 g/mol. The van der Waals surface area contributed by atoms with Gasteiger partial charge in [0.15, 0.2) is 17.5 Å². The van der Waals surface area contributed by atoms with Gasteiger partial charge in [-0.15, -0.1) is 24.0 Å². The summed E-state index contributed by atoms with van der Waals surface area (Å²) >= 11 is 0. The Morgan fingerprint density at radius 2 is 1.93 bits per heavy atom. The molecule has 0 saturated carbocycles. The van der Waals surface area contributed by atoms with Crippen molar-refractivity contribution in [3.63, 3.8) is 0 Å². The number of methoxy groups -OCH3 is 2. The molecule has 1 aromatic rings. The zero-order chi connectivity index (χ0) is 19.9. The van der Waals surface area contributed by atoms with Crippen LogP contribution in [0.3, 0.4) is 0 Å². The second-order valence-electron chi connectivity index (χ2n) is 7.58. The first-order valence-corrected chi connectivity index (χ1v) is 10.4. The molecular formula is C21H36IN5O2. The van der Waals surface area contributed by atoms with Crippen LogP contribution in [0.1, 0.15) is 30.9 Å². The van der Waals surface area contributed by atoms with Crippen molar-refractivity contribution in [2.24, 2.45) is 10.7 Å². The maximum atomic E-state index is 6.07. The van der Waals surface area contributed by atoms with E-state index in [0.29, 0.717) is 12.0 Å². The topological polar surface area (TPSA) is 75.4 Å². The van der Waals surface area contributed by atoms with Gasteiger partial charge < -0.3 is 20.5 Å². The Bertz CT molecular complexity index is 685. The van der Waals surface area contributed by atoms with Gasteiger partial charge in [-0.25, -0.2) is 0 Å². The molecule has 29 heavy (non-hydrogen) atoms. The zero-order valence-corrected chi connectivity index (χ0v) is 20.3. The summed E-state index contributed by atoms with van der Waals surface area (Å²) < 4.78 is 10.9. The third-order valence-electron chi connectivity index (χ3n) is 5.91. The van der Waals surface area contributed by atoms with Crippen LogP contribution in [-0.2, 0) is 13.0 Å². The Kier molecular flexibility index (Phi) is 9.78. The van der Waals surface area contributed by atoms with E-state index in [0.717, 1.165) is 57.2 Å². The molecule has 0 spiro atoms. The second kappa shape index (κ2) is 11.8. The first-order valence-electron chi connectivity index (χ1n) is 10.4. The van der Waals surface area contributed by atoms with E-state index in [1.165, 1.54) is 30.5 Å². The van der Waals surface area contributed by atoms with Gasteiger partial charge in [0, 0.05) is 32.2 Å². The number of benzene rings is 1. The lowest BCUT2D eigenvalue weighted by atomic mass is 9.99. The van der Waals surface area contributed by atoms with Crippen LogP contribution in [0.25, 0.3) is 0 Å². The summed E-state index contributed by atoms with van der Waals surface area (Å²) in [6.07, 6.45) is 3.52. The van der Waals surface area contributed by atoms with Gasteiger partial charge in [-0.2, -0.15) is 0 Å². The Morgan fingerprint density at radius 1 is 1.21 bits per heavy atom. The van der Waals surface area contributed by atoms with Crippen molar-refractivity contribution in [2.45, 2.75) is 38.8 Å². The summed E-state index contributed by atoms with van der Waals surface area (Å²) in [7, 11) is 3.37. The van der Waals surface area contributed by atoms with Gasteiger partial charge in [-0.05, 0) is 55.6 Å². The van der Waals surface area contributed by atoms with E-state index in [2.05, 4.69) is 39.2 Å². The maximum Gasteiger partial charge on any atom is 0.188 e. The van der Waals surface area contributed by atoms with E-state index in [1.807, 2.05) is 0 Å². The predicted octanol–water partition coefficient (Wildman–Crippen LogP) is 2.07. The lowest BCUT2D eigenvalue weighted by Crippen LogP contribution is -2.41. The fraction of sp³-hybridized carbons (Fsp3) is 0.667. The van der Waals surface area contributed by atoms with E-state index in [1.54, 1.807) is 14.2 Å². The molecule has 0 bridgehead atoms. The second-order valence-corrected chi connectivity index (χ2v) is 7.58.